The fourth-order valence-corrected chi connectivity index (χ4v) is 8.12. The number of pyridine rings is 1. The first-order chi connectivity index (χ1) is 36.7. The van der Waals surface area contributed by atoms with Crippen molar-refractivity contribution in [3.8, 4) is 62.1 Å². The summed E-state index contributed by atoms with van der Waals surface area (Å²) in [6, 6.07) is 35.0. The van der Waals surface area contributed by atoms with Gasteiger partial charge in [-0.3, -0.25) is 4.57 Å². The van der Waals surface area contributed by atoms with E-state index in [1.54, 1.807) is 106 Å². The van der Waals surface area contributed by atoms with Gasteiger partial charge in [-0.05, 0) is 84.0 Å². The molecule has 11 aromatic rings. The number of fused-ring (bicyclic) bond motifs is 4. The number of imidazole rings is 1. The fraction of sp³-hybridized carbons (Fsp3) is 0.0357. The topological polar surface area (TPSA) is 35.9 Å². The van der Waals surface area contributed by atoms with Crippen LogP contribution in [-0.2, 0) is 0 Å². The number of hydrogen-bond acceptors (Lipinski definition) is 2. The SMILES string of the molecule is [2H]c1c([2H])c([2H])c(-c2cccc(-c3c([2H])c([2H])c([2H])c([2H])c3[2H])c2-[n+]2cn(-c3cccc(Oc4ccc5c6ccccc6n(-c6ncc(C([2H])([2H])[2H])c(-c7ccccc7)c6C([2H])([2H])[2H])c5c4)c3)c3ccccc32)c([2H])c1[2H]. The van der Waals surface area contributed by atoms with Crippen LogP contribution in [0.2, 0.25) is 0 Å². The largest absolute Gasteiger partial charge is 0.457 e. The first-order valence-corrected chi connectivity index (χ1v) is 19.4. The molecule has 5 nitrogen and oxygen atoms in total. The van der Waals surface area contributed by atoms with Crippen molar-refractivity contribution in [1.82, 2.24) is 14.1 Å². The lowest BCUT2D eigenvalue weighted by Crippen LogP contribution is -2.30. The monoisotopic (exact) mass is 801 g/mol. The van der Waals surface area contributed by atoms with Crippen molar-refractivity contribution in [2.75, 3.05) is 0 Å². The summed E-state index contributed by atoms with van der Waals surface area (Å²) in [4.78, 5) is 4.64. The molecule has 5 heteroatoms. The molecular formula is C56H41N4O+. The number of aryl methyl sites for hydroxylation is 1. The highest BCUT2D eigenvalue weighted by molar-refractivity contribution is 6.09. The molecule has 61 heavy (non-hydrogen) atoms. The molecule has 0 bridgehead atoms. The standard InChI is InChI=1S/C56H41N4O/c1-38-36-57-56(39(2)54(38)42-22-10-5-11-23-42)60-50-29-13-12-26-48(50)49-33-32-45(35-53(49)60)61-44-25-16-24-43(34-44)58-37-59(52-31-15-14-30-51(52)58)55-46(40-18-6-3-7-19-40)27-17-28-47(55)41-20-8-4-9-21-41/h3-37H,1-2H3/q+1/i1D3,2D3,3D,4D,6D,7D,8D,9D,18D,19D,20D,21D. The molecule has 3 aromatic heterocycles. The highest BCUT2D eigenvalue weighted by atomic mass is 16.5. The molecule has 0 unspecified atom stereocenters. The maximum Gasteiger partial charge on any atom is 0.255 e. The average Bonchev–Trinajstić information content (AvgIpc) is 4.17. The lowest BCUT2D eigenvalue weighted by atomic mass is 9.95. The molecule has 0 aliphatic rings. The molecule has 3 heterocycles. The van der Waals surface area contributed by atoms with Crippen LogP contribution in [0, 0.1) is 13.7 Å². The maximum absolute atomic E-state index is 9.03. The van der Waals surface area contributed by atoms with Crippen LogP contribution in [0.3, 0.4) is 0 Å². The van der Waals surface area contributed by atoms with Crippen molar-refractivity contribution in [3.05, 3.63) is 224 Å². The van der Waals surface area contributed by atoms with E-state index in [2.05, 4.69) is 4.98 Å². The van der Waals surface area contributed by atoms with Gasteiger partial charge in [0.1, 0.15) is 28.7 Å². The summed E-state index contributed by atoms with van der Waals surface area (Å²) in [5.74, 6) is 0.764. The van der Waals surface area contributed by atoms with Gasteiger partial charge in [0.05, 0.1) is 24.7 Å². The lowest BCUT2D eigenvalue weighted by molar-refractivity contribution is -0.566. The molecule has 11 rings (SSSR count). The number of nitrogens with zero attached hydrogens (tertiary/aromatic N) is 4. The Morgan fingerprint density at radius 2 is 1.25 bits per heavy atom. The third-order valence-corrected chi connectivity index (χ3v) is 10.8. The first-order valence-electron chi connectivity index (χ1n) is 27.4. The molecular weight excluding hydrogens is 745 g/mol. The van der Waals surface area contributed by atoms with E-state index in [0.717, 1.165) is 10.8 Å². The molecule has 0 aliphatic heterocycles. The number of rotatable bonds is 8. The second kappa shape index (κ2) is 15.0. The fourth-order valence-electron chi connectivity index (χ4n) is 8.12. The zero-order valence-corrected chi connectivity index (χ0v) is 32.1. The van der Waals surface area contributed by atoms with Crippen LogP contribution in [-0.4, -0.2) is 14.1 Å². The molecule has 0 saturated heterocycles. The predicted molar refractivity (Wildman–Crippen MR) is 249 cm³/mol. The van der Waals surface area contributed by atoms with E-state index in [9.17, 15) is 0 Å². The van der Waals surface area contributed by atoms with Crippen LogP contribution < -0.4 is 9.30 Å². The van der Waals surface area contributed by atoms with E-state index in [1.807, 2.05) is 53.1 Å². The lowest BCUT2D eigenvalue weighted by Gasteiger charge is -2.16. The summed E-state index contributed by atoms with van der Waals surface area (Å²) >= 11 is 0. The Kier molecular flexibility index (Phi) is 5.63. The molecule has 290 valence electrons. The van der Waals surface area contributed by atoms with Crippen LogP contribution in [0.5, 0.6) is 11.5 Å². The Labute approximate surface area is 377 Å². The zero-order valence-electron chi connectivity index (χ0n) is 48.1. The molecule has 0 spiro atoms. The Morgan fingerprint density at radius 1 is 0.574 bits per heavy atom. The van der Waals surface area contributed by atoms with Crippen LogP contribution >= 0.6 is 0 Å². The summed E-state index contributed by atoms with van der Waals surface area (Å²) < 4.78 is 151. The molecule has 8 aromatic carbocycles. The smallest absolute Gasteiger partial charge is 0.255 e. The predicted octanol–water partition coefficient (Wildman–Crippen LogP) is 13.8. The highest BCUT2D eigenvalue weighted by Crippen LogP contribution is 2.39. The molecule has 0 N–H and O–H groups in total. The van der Waals surface area contributed by atoms with Gasteiger partial charge in [0.15, 0.2) is 11.0 Å². The molecule has 0 atom stereocenters. The van der Waals surface area contributed by atoms with Gasteiger partial charge in [-0.15, -0.1) is 0 Å². The van der Waals surface area contributed by atoms with Gasteiger partial charge in [0, 0.05) is 54.0 Å². The second-order valence-corrected chi connectivity index (χ2v) is 14.3. The van der Waals surface area contributed by atoms with Crippen molar-refractivity contribution in [2.24, 2.45) is 0 Å². The average molecular weight is 802 g/mol. The van der Waals surface area contributed by atoms with E-state index in [4.69, 9.17) is 26.7 Å². The summed E-state index contributed by atoms with van der Waals surface area (Å²) in [6.45, 7) is -5.53. The molecule has 0 saturated carbocycles. The minimum Gasteiger partial charge on any atom is -0.457 e. The maximum atomic E-state index is 9.03. The third-order valence-electron chi connectivity index (χ3n) is 10.8. The van der Waals surface area contributed by atoms with Gasteiger partial charge in [0.2, 0.25) is 0 Å². The van der Waals surface area contributed by atoms with Gasteiger partial charge in [-0.1, -0.05) is 145 Å². The normalized spacial score (nSPS) is 15.6. The summed E-state index contributed by atoms with van der Waals surface area (Å²) in [6.07, 6.45) is 2.93. The number of benzene rings is 8. The van der Waals surface area contributed by atoms with Gasteiger partial charge in [0.25, 0.3) is 6.33 Å². The van der Waals surface area contributed by atoms with Gasteiger partial charge in [-0.2, -0.15) is 9.13 Å². The second-order valence-electron chi connectivity index (χ2n) is 14.3. The summed E-state index contributed by atoms with van der Waals surface area (Å²) in [5, 5.41) is 1.53. The molecule has 0 radical (unpaired) electrons. The van der Waals surface area contributed by atoms with Crippen molar-refractivity contribution in [2.45, 2.75) is 13.7 Å². The Balaban J connectivity index is 1.09. The molecule has 0 fully saturated rings. The Bertz CT molecular complexity index is 4100. The summed E-state index contributed by atoms with van der Waals surface area (Å²) in [5.41, 5.74) is 3.04. The van der Waals surface area contributed by atoms with Gasteiger partial charge >= 0.3 is 0 Å². The van der Waals surface area contributed by atoms with Gasteiger partial charge < -0.3 is 4.74 Å². The third kappa shape index (κ3) is 6.26. The quantitative estimate of drug-likeness (QED) is 0.144. The Morgan fingerprint density at radius 3 is 2.00 bits per heavy atom. The van der Waals surface area contributed by atoms with Crippen LogP contribution in [0.1, 0.15) is 33.1 Å². The molecule has 0 amide bonds. The first kappa shape index (κ1) is 22.9. The number of hydrogen-bond donors (Lipinski definition) is 0. The van der Waals surface area contributed by atoms with E-state index < -0.39 is 74.1 Å². The van der Waals surface area contributed by atoms with E-state index in [-0.39, 0.29) is 50.4 Å². The number of para-hydroxylation sites is 4. The minimum atomic E-state index is -2.83. The van der Waals surface area contributed by atoms with Crippen molar-refractivity contribution >= 4 is 32.8 Å². The van der Waals surface area contributed by atoms with Crippen LogP contribution in [0.4, 0.5) is 0 Å². The van der Waals surface area contributed by atoms with Crippen molar-refractivity contribution in [1.29, 1.82) is 0 Å². The van der Waals surface area contributed by atoms with Crippen molar-refractivity contribution < 1.29 is 31.2 Å². The minimum absolute atomic E-state index is 0.0258. The highest BCUT2D eigenvalue weighted by Gasteiger charge is 2.25. The van der Waals surface area contributed by atoms with Crippen LogP contribution in [0.25, 0.3) is 83.4 Å². The zero-order chi connectivity index (χ0) is 54.6. The van der Waals surface area contributed by atoms with E-state index in [0.29, 0.717) is 44.8 Å². The van der Waals surface area contributed by atoms with Crippen molar-refractivity contribution in [3.63, 3.8) is 0 Å². The van der Waals surface area contributed by atoms with E-state index >= 15 is 0 Å². The number of aromatic nitrogens is 4. The van der Waals surface area contributed by atoms with Crippen LogP contribution in [0.15, 0.2) is 212 Å². The van der Waals surface area contributed by atoms with E-state index in [1.165, 1.54) is 6.20 Å². The summed E-state index contributed by atoms with van der Waals surface area (Å²) in [7, 11) is 0. The number of ether oxygens (including phenoxy) is 1. The van der Waals surface area contributed by atoms with Gasteiger partial charge in [-0.25, -0.2) is 4.98 Å². The molecule has 0 aliphatic carbocycles. The Hall–Kier alpha value is -8.02.